The van der Waals surface area contributed by atoms with Crippen molar-refractivity contribution in [3.05, 3.63) is 46.2 Å². The summed E-state index contributed by atoms with van der Waals surface area (Å²) in [5.74, 6) is -0.613. The lowest BCUT2D eigenvalue weighted by Crippen LogP contribution is -2.07. The van der Waals surface area contributed by atoms with E-state index in [1.165, 1.54) is 12.1 Å². The normalized spacial score (nSPS) is 10.8. The van der Waals surface area contributed by atoms with E-state index in [1.54, 1.807) is 17.1 Å². The summed E-state index contributed by atoms with van der Waals surface area (Å²) in [5, 5.41) is -0.0280. The van der Waals surface area contributed by atoms with Crippen LogP contribution in [0.5, 0.6) is 0 Å². The van der Waals surface area contributed by atoms with Crippen molar-refractivity contribution in [2.45, 2.75) is 6.42 Å². The molecule has 1 heterocycles. The molecule has 0 aliphatic heterocycles. The van der Waals surface area contributed by atoms with Gasteiger partial charge < -0.3 is 10.3 Å². The van der Waals surface area contributed by atoms with Gasteiger partial charge in [0, 0.05) is 24.0 Å². The molecule has 0 fully saturated rings. The van der Waals surface area contributed by atoms with Gasteiger partial charge in [0.15, 0.2) is 5.82 Å². The minimum absolute atomic E-state index is 0.0140. The van der Waals surface area contributed by atoms with Crippen LogP contribution in [0.15, 0.2) is 24.7 Å². The van der Waals surface area contributed by atoms with E-state index in [0.717, 1.165) is 5.69 Å². The third-order valence-corrected chi connectivity index (χ3v) is 2.91. The van der Waals surface area contributed by atoms with Crippen LogP contribution in [-0.2, 0) is 6.42 Å². The van der Waals surface area contributed by atoms with Crippen molar-refractivity contribution < 1.29 is 4.39 Å². The maximum Gasteiger partial charge on any atom is 0.160 e. The summed E-state index contributed by atoms with van der Waals surface area (Å²) in [6.45, 7) is 0.508. The summed E-state index contributed by atoms with van der Waals surface area (Å²) in [7, 11) is 0. The van der Waals surface area contributed by atoms with E-state index >= 15 is 0 Å². The average Bonchev–Trinajstić information content (AvgIpc) is 2.74. The first-order valence-electron chi connectivity index (χ1n) is 4.99. The Morgan fingerprint density at radius 1 is 1.29 bits per heavy atom. The topological polar surface area (TPSA) is 43.8 Å². The molecular weight excluding hydrogens is 264 g/mol. The average molecular weight is 274 g/mol. The van der Waals surface area contributed by atoms with Gasteiger partial charge in [-0.05, 0) is 18.7 Å². The van der Waals surface area contributed by atoms with E-state index in [0.29, 0.717) is 18.7 Å². The number of nitrogens with two attached hydrogens (primary N) is 1. The van der Waals surface area contributed by atoms with Crippen LogP contribution in [-0.4, -0.2) is 16.1 Å². The van der Waals surface area contributed by atoms with Crippen molar-refractivity contribution in [1.29, 1.82) is 0 Å². The SMILES string of the molecule is NCCc1cncn1-c1cc(Cl)c(F)c(Cl)c1. The summed E-state index contributed by atoms with van der Waals surface area (Å²) in [4.78, 5) is 4.03. The van der Waals surface area contributed by atoms with Gasteiger partial charge >= 0.3 is 0 Å². The summed E-state index contributed by atoms with van der Waals surface area (Å²) in [5.41, 5.74) is 7.09. The van der Waals surface area contributed by atoms with Gasteiger partial charge in [0.2, 0.25) is 0 Å². The van der Waals surface area contributed by atoms with Gasteiger partial charge in [-0.25, -0.2) is 9.37 Å². The smallest absolute Gasteiger partial charge is 0.160 e. The Morgan fingerprint density at radius 2 is 1.94 bits per heavy atom. The molecule has 3 nitrogen and oxygen atoms in total. The Bertz CT molecular complexity index is 516. The minimum atomic E-state index is -0.613. The van der Waals surface area contributed by atoms with Gasteiger partial charge in [-0.1, -0.05) is 23.2 Å². The van der Waals surface area contributed by atoms with Crippen LogP contribution in [0, 0.1) is 5.82 Å². The van der Waals surface area contributed by atoms with Crippen molar-refractivity contribution in [1.82, 2.24) is 9.55 Å². The Hall–Kier alpha value is -1.10. The minimum Gasteiger partial charge on any atom is -0.330 e. The second-order valence-electron chi connectivity index (χ2n) is 3.52. The van der Waals surface area contributed by atoms with E-state index in [1.807, 2.05) is 0 Å². The van der Waals surface area contributed by atoms with Gasteiger partial charge in [0.05, 0.1) is 16.4 Å². The van der Waals surface area contributed by atoms with Crippen LogP contribution < -0.4 is 5.73 Å². The lowest BCUT2D eigenvalue weighted by atomic mass is 10.2. The Labute approximate surface area is 108 Å². The maximum absolute atomic E-state index is 13.3. The highest BCUT2D eigenvalue weighted by Gasteiger charge is 2.10. The molecule has 0 spiro atoms. The monoisotopic (exact) mass is 273 g/mol. The lowest BCUT2D eigenvalue weighted by molar-refractivity contribution is 0.628. The summed E-state index contributed by atoms with van der Waals surface area (Å²) in [6, 6.07) is 3.01. The van der Waals surface area contributed by atoms with E-state index in [4.69, 9.17) is 28.9 Å². The Balaban J connectivity index is 2.49. The lowest BCUT2D eigenvalue weighted by Gasteiger charge is -2.09. The maximum atomic E-state index is 13.3. The first-order chi connectivity index (χ1) is 8.13. The highest BCUT2D eigenvalue weighted by Crippen LogP contribution is 2.27. The van der Waals surface area contributed by atoms with Gasteiger partial charge in [0.1, 0.15) is 0 Å². The van der Waals surface area contributed by atoms with Crippen LogP contribution in [0.1, 0.15) is 5.69 Å². The number of benzene rings is 1. The molecule has 90 valence electrons. The zero-order valence-corrected chi connectivity index (χ0v) is 10.3. The van der Waals surface area contributed by atoms with Gasteiger partial charge in [0.25, 0.3) is 0 Å². The second kappa shape index (κ2) is 5.04. The fourth-order valence-electron chi connectivity index (χ4n) is 1.57. The molecule has 1 aromatic carbocycles. The van der Waals surface area contributed by atoms with Gasteiger partial charge in [-0.15, -0.1) is 0 Å². The fraction of sp³-hybridized carbons (Fsp3) is 0.182. The summed E-state index contributed by atoms with van der Waals surface area (Å²) in [6.07, 6.45) is 4.00. The first kappa shape index (κ1) is 12.4. The van der Waals surface area contributed by atoms with Crippen LogP contribution in [0.25, 0.3) is 5.69 Å². The molecule has 0 radical (unpaired) electrons. The van der Waals surface area contributed by atoms with Crippen molar-refractivity contribution >= 4 is 23.2 Å². The number of aromatic nitrogens is 2. The van der Waals surface area contributed by atoms with Crippen LogP contribution >= 0.6 is 23.2 Å². The molecule has 0 aliphatic rings. The van der Waals surface area contributed by atoms with E-state index < -0.39 is 5.82 Å². The molecule has 17 heavy (non-hydrogen) atoms. The Morgan fingerprint density at radius 3 is 2.53 bits per heavy atom. The second-order valence-corrected chi connectivity index (χ2v) is 4.33. The van der Waals surface area contributed by atoms with Crippen molar-refractivity contribution in [2.75, 3.05) is 6.54 Å². The van der Waals surface area contributed by atoms with Crippen LogP contribution in [0.4, 0.5) is 4.39 Å². The molecule has 0 aliphatic carbocycles. The quantitative estimate of drug-likeness (QED) is 0.874. The fourth-order valence-corrected chi connectivity index (χ4v) is 2.04. The molecule has 0 atom stereocenters. The zero-order valence-electron chi connectivity index (χ0n) is 8.83. The molecule has 2 aromatic rings. The predicted octanol–water partition coefficient (Wildman–Crippen LogP) is 2.82. The highest BCUT2D eigenvalue weighted by atomic mass is 35.5. The number of nitrogens with zero attached hydrogens (tertiary/aromatic N) is 2. The number of imidazole rings is 1. The largest absolute Gasteiger partial charge is 0.330 e. The molecule has 6 heteroatoms. The molecule has 2 N–H and O–H groups in total. The van der Waals surface area contributed by atoms with Gasteiger partial charge in [-0.3, -0.25) is 0 Å². The van der Waals surface area contributed by atoms with Gasteiger partial charge in [-0.2, -0.15) is 0 Å². The number of hydrogen-bond acceptors (Lipinski definition) is 2. The van der Waals surface area contributed by atoms with Crippen LogP contribution in [0.3, 0.4) is 0 Å². The van der Waals surface area contributed by atoms with E-state index in [2.05, 4.69) is 4.98 Å². The van der Waals surface area contributed by atoms with Crippen molar-refractivity contribution in [2.24, 2.45) is 5.73 Å². The van der Waals surface area contributed by atoms with E-state index in [9.17, 15) is 4.39 Å². The number of halogens is 3. The zero-order chi connectivity index (χ0) is 12.4. The van der Waals surface area contributed by atoms with Crippen molar-refractivity contribution in [3.8, 4) is 5.69 Å². The molecule has 0 unspecified atom stereocenters. The predicted molar refractivity (Wildman–Crippen MR) is 66.3 cm³/mol. The number of hydrogen-bond donors (Lipinski definition) is 1. The molecule has 0 bridgehead atoms. The third kappa shape index (κ3) is 2.44. The van der Waals surface area contributed by atoms with E-state index in [-0.39, 0.29) is 10.0 Å². The number of rotatable bonds is 3. The summed E-state index contributed by atoms with van der Waals surface area (Å²) < 4.78 is 15.1. The molecule has 1 aromatic heterocycles. The standard InChI is InChI=1S/C11H10Cl2FN3/c12-9-3-8(4-10(13)11(9)14)17-6-16-5-7(17)1-2-15/h3-6H,1-2,15H2. The summed E-state index contributed by atoms with van der Waals surface area (Å²) >= 11 is 11.5. The molecule has 0 saturated heterocycles. The molecule has 0 saturated carbocycles. The molecule has 0 amide bonds. The Kier molecular flexibility index (Phi) is 3.66. The molecular formula is C11H10Cl2FN3. The van der Waals surface area contributed by atoms with Crippen LogP contribution in [0.2, 0.25) is 10.0 Å². The molecule has 2 rings (SSSR count). The third-order valence-electron chi connectivity index (χ3n) is 2.36. The first-order valence-corrected chi connectivity index (χ1v) is 5.75. The van der Waals surface area contributed by atoms with Crippen molar-refractivity contribution in [3.63, 3.8) is 0 Å². The highest BCUT2D eigenvalue weighted by molar-refractivity contribution is 6.35.